The lowest BCUT2D eigenvalue weighted by atomic mass is 9.87. The van der Waals surface area contributed by atoms with Gasteiger partial charge >= 0.3 is 0 Å². The fourth-order valence-corrected chi connectivity index (χ4v) is 4.21. The normalized spacial score (nSPS) is 37.7. The van der Waals surface area contributed by atoms with E-state index in [2.05, 4.69) is 16.5 Å². The maximum absolute atomic E-state index is 11.2. The topological polar surface area (TPSA) is 95.4 Å². The molecule has 1 aliphatic heterocycles. The van der Waals surface area contributed by atoms with Crippen molar-refractivity contribution in [1.29, 1.82) is 0 Å². The molecule has 3 heterocycles. The standard InChI is InChI=1S/C17H22N4O3/c1-5-17(22)8-11(12-16(17,4)24-15(2,3)23-12)21-7-6-10-13(18)19-9-20-14(10)21/h5-7,9,11-12,22H,1,8H2,2-4H3,(H2,18,19,20)/t11-,12+,16+,17-/m1/s1. The lowest BCUT2D eigenvalue weighted by Gasteiger charge is -2.35. The van der Waals surface area contributed by atoms with Crippen LogP contribution < -0.4 is 5.73 Å². The SMILES string of the molecule is C=C[C@@]1(O)C[C@@H](n2ccc3c(N)ncnc32)[C@@H]2OC(C)(C)O[C@@]21C. The van der Waals surface area contributed by atoms with Crippen molar-refractivity contribution in [2.45, 2.75) is 56.3 Å². The molecule has 7 heteroatoms. The molecule has 1 aliphatic carbocycles. The molecule has 0 unspecified atom stereocenters. The molecular formula is C17H22N4O3. The minimum Gasteiger partial charge on any atom is -0.383 e. The first-order chi connectivity index (χ1) is 11.2. The van der Waals surface area contributed by atoms with Crippen LogP contribution >= 0.6 is 0 Å². The average Bonchev–Trinajstić information content (AvgIpc) is 3.10. The Bertz CT molecular complexity index is 832. The van der Waals surface area contributed by atoms with Crippen molar-refractivity contribution in [2.24, 2.45) is 0 Å². The molecule has 2 fully saturated rings. The van der Waals surface area contributed by atoms with Crippen molar-refractivity contribution < 1.29 is 14.6 Å². The first-order valence-corrected chi connectivity index (χ1v) is 8.02. The molecule has 4 atom stereocenters. The summed E-state index contributed by atoms with van der Waals surface area (Å²) in [5, 5.41) is 11.9. The van der Waals surface area contributed by atoms with Gasteiger partial charge in [0.15, 0.2) is 5.79 Å². The summed E-state index contributed by atoms with van der Waals surface area (Å²) in [6.07, 6.45) is 4.98. The largest absolute Gasteiger partial charge is 0.383 e. The van der Waals surface area contributed by atoms with Gasteiger partial charge < -0.3 is 24.9 Å². The maximum atomic E-state index is 11.2. The van der Waals surface area contributed by atoms with Crippen LogP contribution in [0.15, 0.2) is 31.2 Å². The lowest BCUT2D eigenvalue weighted by molar-refractivity contribution is -0.199. The highest BCUT2D eigenvalue weighted by atomic mass is 16.8. The number of ether oxygens (including phenoxy) is 2. The zero-order valence-electron chi connectivity index (χ0n) is 14.1. The van der Waals surface area contributed by atoms with E-state index in [1.165, 1.54) is 6.33 Å². The number of fused-ring (bicyclic) bond motifs is 2. The van der Waals surface area contributed by atoms with Crippen molar-refractivity contribution in [3.63, 3.8) is 0 Å². The van der Waals surface area contributed by atoms with Crippen LogP contribution in [0.1, 0.15) is 33.2 Å². The van der Waals surface area contributed by atoms with Crippen LogP contribution in [0.3, 0.4) is 0 Å². The Hall–Kier alpha value is -1.96. The number of anilines is 1. The van der Waals surface area contributed by atoms with E-state index in [-0.39, 0.29) is 12.1 Å². The highest BCUT2D eigenvalue weighted by Crippen LogP contribution is 2.56. The van der Waals surface area contributed by atoms with Gasteiger partial charge in [-0.15, -0.1) is 6.58 Å². The smallest absolute Gasteiger partial charge is 0.164 e. The van der Waals surface area contributed by atoms with Crippen molar-refractivity contribution in [2.75, 3.05) is 5.73 Å². The van der Waals surface area contributed by atoms with Crippen LogP contribution in [0, 0.1) is 0 Å². The Morgan fingerprint density at radius 3 is 2.88 bits per heavy atom. The second kappa shape index (κ2) is 4.56. The molecule has 0 spiro atoms. The fourth-order valence-electron chi connectivity index (χ4n) is 4.21. The lowest BCUT2D eigenvalue weighted by Crippen LogP contribution is -2.51. The van der Waals surface area contributed by atoms with Crippen LogP contribution in [0.4, 0.5) is 5.82 Å². The molecule has 2 aromatic heterocycles. The zero-order valence-corrected chi connectivity index (χ0v) is 14.1. The van der Waals surface area contributed by atoms with E-state index in [1.54, 1.807) is 6.08 Å². The molecule has 3 N–H and O–H groups in total. The van der Waals surface area contributed by atoms with E-state index >= 15 is 0 Å². The molecule has 7 nitrogen and oxygen atoms in total. The van der Waals surface area contributed by atoms with Gasteiger partial charge in [-0.2, -0.15) is 0 Å². The number of hydrogen-bond acceptors (Lipinski definition) is 6. The molecule has 2 aromatic rings. The highest BCUT2D eigenvalue weighted by Gasteiger charge is 2.68. The number of aliphatic hydroxyl groups is 1. The summed E-state index contributed by atoms with van der Waals surface area (Å²) in [7, 11) is 0. The van der Waals surface area contributed by atoms with Gasteiger partial charge in [-0.1, -0.05) is 6.08 Å². The Kier molecular flexibility index (Phi) is 2.96. The summed E-state index contributed by atoms with van der Waals surface area (Å²) >= 11 is 0. The number of nitrogen functional groups attached to an aromatic ring is 1. The van der Waals surface area contributed by atoms with Gasteiger partial charge in [0.05, 0.1) is 11.4 Å². The van der Waals surface area contributed by atoms with Crippen LogP contribution in [-0.2, 0) is 9.47 Å². The van der Waals surface area contributed by atoms with E-state index in [9.17, 15) is 5.11 Å². The summed E-state index contributed by atoms with van der Waals surface area (Å²) < 4.78 is 14.3. The van der Waals surface area contributed by atoms with Crippen LogP contribution in [0.2, 0.25) is 0 Å². The molecule has 4 rings (SSSR count). The molecular weight excluding hydrogens is 308 g/mol. The maximum Gasteiger partial charge on any atom is 0.164 e. The number of rotatable bonds is 2. The predicted octanol–water partition coefficient (Wildman–Crippen LogP) is 1.79. The Morgan fingerprint density at radius 1 is 1.42 bits per heavy atom. The first-order valence-electron chi connectivity index (χ1n) is 8.02. The van der Waals surface area contributed by atoms with Crippen molar-refractivity contribution in [3.8, 4) is 0 Å². The first kappa shape index (κ1) is 15.6. The van der Waals surface area contributed by atoms with Crippen LogP contribution in [-0.4, -0.2) is 42.7 Å². The average molecular weight is 330 g/mol. The molecule has 1 saturated carbocycles. The molecule has 0 bridgehead atoms. The zero-order chi connectivity index (χ0) is 17.3. The second-order valence-electron chi connectivity index (χ2n) is 7.27. The Labute approximate surface area is 140 Å². The van der Waals surface area contributed by atoms with Crippen LogP contribution in [0.25, 0.3) is 11.0 Å². The third-order valence-electron chi connectivity index (χ3n) is 5.38. The number of nitrogens with two attached hydrogens (primary N) is 1. The van der Waals surface area contributed by atoms with Crippen molar-refractivity contribution in [3.05, 3.63) is 31.2 Å². The van der Waals surface area contributed by atoms with Gasteiger partial charge in [0, 0.05) is 12.6 Å². The molecule has 2 aliphatic rings. The van der Waals surface area contributed by atoms with Crippen molar-refractivity contribution in [1.82, 2.24) is 14.5 Å². The highest BCUT2D eigenvalue weighted by molar-refractivity contribution is 5.86. The third kappa shape index (κ3) is 1.83. The quantitative estimate of drug-likeness (QED) is 0.815. The fraction of sp³-hybridized carbons (Fsp3) is 0.529. The monoisotopic (exact) mass is 330 g/mol. The van der Waals surface area contributed by atoms with Gasteiger partial charge in [-0.3, -0.25) is 0 Å². The molecule has 1 saturated heterocycles. The minimum atomic E-state index is -1.20. The third-order valence-corrected chi connectivity index (χ3v) is 5.38. The summed E-state index contributed by atoms with van der Waals surface area (Å²) in [5.74, 6) is -0.353. The molecule has 0 amide bonds. The minimum absolute atomic E-state index is 0.161. The number of hydrogen-bond donors (Lipinski definition) is 2. The summed E-state index contributed by atoms with van der Waals surface area (Å²) in [6, 6.07) is 1.72. The summed E-state index contributed by atoms with van der Waals surface area (Å²) in [5.41, 5.74) is 4.56. The van der Waals surface area contributed by atoms with E-state index in [1.807, 2.05) is 37.6 Å². The van der Waals surface area contributed by atoms with E-state index in [0.717, 1.165) is 11.0 Å². The molecule has 128 valence electrons. The van der Waals surface area contributed by atoms with Gasteiger partial charge in [0.1, 0.15) is 35.1 Å². The van der Waals surface area contributed by atoms with Gasteiger partial charge in [-0.05, 0) is 26.8 Å². The Balaban J connectivity index is 1.87. The molecule has 0 aromatic carbocycles. The van der Waals surface area contributed by atoms with E-state index < -0.39 is 17.0 Å². The van der Waals surface area contributed by atoms with E-state index in [0.29, 0.717) is 12.2 Å². The van der Waals surface area contributed by atoms with Crippen molar-refractivity contribution >= 4 is 16.9 Å². The number of nitrogens with zero attached hydrogens (tertiary/aromatic N) is 3. The van der Waals surface area contributed by atoms with Gasteiger partial charge in [0.2, 0.25) is 0 Å². The number of aromatic nitrogens is 3. The van der Waals surface area contributed by atoms with E-state index in [4.69, 9.17) is 15.2 Å². The second-order valence-corrected chi connectivity index (χ2v) is 7.27. The Morgan fingerprint density at radius 2 is 2.17 bits per heavy atom. The summed E-state index contributed by atoms with van der Waals surface area (Å²) in [4.78, 5) is 8.39. The van der Waals surface area contributed by atoms with Crippen LogP contribution in [0.5, 0.6) is 0 Å². The summed E-state index contributed by atoms with van der Waals surface area (Å²) in [6.45, 7) is 9.40. The van der Waals surface area contributed by atoms with Gasteiger partial charge in [-0.25, -0.2) is 9.97 Å². The molecule has 24 heavy (non-hydrogen) atoms. The van der Waals surface area contributed by atoms with Gasteiger partial charge in [0.25, 0.3) is 0 Å². The molecule has 0 radical (unpaired) electrons. The predicted molar refractivity (Wildman–Crippen MR) is 89.2 cm³/mol.